The second-order valence-electron chi connectivity index (χ2n) is 4.59. The van der Waals surface area contributed by atoms with E-state index < -0.39 is 0 Å². The van der Waals surface area contributed by atoms with Crippen molar-refractivity contribution >= 4 is 11.8 Å². The third-order valence-corrected chi connectivity index (χ3v) is 2.59. The predicted molar refractivity (Wildman–Crippen MR) is 62.8 cm³/mol. The summed E-state index contributed by atoms with van der Waals surface area (Å²) in [7, 11) is 0. The number of carbonyl (C=O) groups excluding carboxylic acids is 2. The number of nitrogens with one attached hydrogen (secondary N) is 1. The number of amides is 2. The van der Waals surface area contributed by atoms with Crippen LogP contribution in [0.25, 0.3) is 0 Å². The predicted octanol–water partition coefficient (Wildman–Crippen LogP) is 0.936. The summed E-state index contributed by atoms with van der Waals surface area (Å²) >= 11 is 0. The van der Waals surface area contributed by atoms with Crippen molar-refractivity contribution in [1.29, 1.82) is 0 Å². The summed E-state index contributed by atoms with van der Waals surface area (Å²) in [6, 6.07) is -0.342. The molecule has 1 rings (SSSR count). The molecule has 0 aromatic carbocycles. The molecule has 1 heterocycles. The van der Waals surface area contributed by atoms with Crippen LogP contribution in [0, 0.1) is 5.92 Å². The van der Waals surface area contributed by atoms with Crippen LogP contribution in [0.15, 0.2) is 12.7 Å². The lowest BCUT2D eigenvalue weighted by molar-refractivity contribution is -0.144. The molecule has 1 fully saturated rings. The summed E-state index contributed by atoms with van der Waals surface area (Å²) < 4.78 is 0. The van der Waals surface area contributed by atoms with E-state index in [0.29, 0.717) is 18.9 Å². The van der Waals surface area contributed by atoms with E-state index in [9.17, 15) is 9.59 Å². The SMILES string of the molecule is C=CCCN1CC(=O)NC(CC(C)C)C1=O. The van der Waals surface area contributed by atoms with Crippen LogP contribution in [0.4, 0.5) is 0 Å². The second-order valence-corrected chi connectivity index (χ2v) is 4.59. The number of rotatable bonds is 5. The third-order valence-electron chi connectivity index (χ3n) is 2.59. The molecule has 16 heavy (non-hydrogen) atoms. The summed E-state index contributed by atoms with van der Waals surface area (Å²) in [5.74, 6) is 0.373. The second kappa shape index (κ2) is 5.68. The molecule has 1 unspecified atom stereocenters. The number of nitrogens with zero attached hydrogens (tertiary/aromatic N) is 1. The van der Waals surface area contributed by atoms with E-state index >= 15 is 0 Å². The first-order valence-electron chi connectivity index (χ1n) is 5.73. The Bertz CT molecular complexity index is 287. The Balaban J connectivity index is 2.62. The molecular formula is C12H20N2O2. The summed E-state index contributed by atoms with van der Waals surface area (Å²) in [5, 5.41) is 2.75. The molecule has 1 atom stereocenters. The molecule has 0 spiro atoms. The van der Waals surface area contributed by atoms with Crippen molar-refractivity contribution in [2.45, 2.75) is 32.7 Å². The lowest BCUT2D eigenvalue weighted by Crippen LogP contribution is -2.58. The molecule has 0 saturated carbocycles. The van der Waals surface area contributed by atoms with Crippen LogP contribution in [0.2, 0.25) is 0 Å². The van der Waals surface area contributed by atoms with Crippen LogP contribution in [0.1, 0.15) is 26.7 Å². The zero-order valence-electron chi connectivity index (χ0n) is 10.0. The van der Waals surface area contributed by atoms with Crippen molar-refractivity contribution in [3.63, 3.8) is 0 Å². The van der Waals surface area contributed by atoms with Gasteiger partial charge in [0.15, 0.2) is 0 Å². The summed E-state index contributed by atoms with van der Waals surface area (Å²) in [6.07, 6.45) is 3.19. The lowest BCUT2D eigenvalue weighted by Gasteiger charge is -2.33. The van der Waals surface area contributed by atoms with Gasteiger partial charge in [-0.25, -0.2) is 0 Å². The molecule has 1 saturated heterocycles. The van der Waals surface area contributed by atoms with Gasteiger partial charge in [0.2, 0.25) is 11.8 Å². The molecule has 90 valence electrons. The Hall–Kier alpha value is -1.32. The van der Waals surface area contributed by atoms with Crippen LogP contribution >= 0.6 is 0 Å². The van der Waals surface area contributed by atoms with Gasteiger partial charge in [0.05, 0.1) is 6.54 Å². The van der Waals surface area contributed by atoms with Gasteiger partial charge in [-0.3, -0.25) is 9.59 Å². The monoisotopic (exact) mass is 224 g/mol. The Labute approximate surface area is 96.7 Å². The quantitative estimate of drug-likeness (QED) is 0.706. The van der Waals surface area contributed by atoms with Crippen molar-refractivity contribution in [2.24, 2.45) is 5.92 Å². The van der Waals surface area contributed by atoms with Crippen LogP contribution in [-0.4, -0.2) is 35.8 Å². The topological polar surface area (TPSA) is 49.4 Å². The van der Waals surface area contributed by atoms with Crippen LogP contribution < -0.4 is 5.32 Å². The fourth-order valence-electron chi connectivity index (χ4n) is 1.84. The molecule has 2 amide bonds. The fourth-order valence-corrected chi connectivity index (χ4v) is 1.84. The van der Waals surface area contributed by atoms with Crippen LogP contribution in [0.3, 0.4) is 0 Å². The average Bonchev–Trinajstić information content (AvgIpc) is 2.20. The molecular weight excluding hydrogens is 204 g/mol. The third kappa shape index (κ3) is 3.36. The van der Waals surface area contributed by atoms with Crippen molar-refractivity contribution in [2.75, 3.05) is 13.1 Å². The van der Waals surface area contributed by atoms with Gasteiger partial charge in [0, 0.05) is 6.54 Å². The van der Waals surface area contributed by atoms with E-state index in [0.717, 1.165) is 6.42 Å². The maximum atomic E-state index is 12.0. The smallest absolute Gasteiger partial charge is 0.245 e. The molecule has 1 aliphatic heterocycles. The van der Waals surface area contributed by atoms with Gasteiger partial charge in [0.1, 0.15) is 6.04 Å². The Morgan fingerprint density at radius 3 is 2.81 bits per heavy atom. The van der Waals surface area contributed by atoms with E-state index in [1.54, 1.807) is 11.0 Å². The minimum atomic E-state index is -0.342. The van der Waals surface area contributed by atoms with Gasteiger partial charge in [0.25, 0.3) is 0 Å². The summed E-state index contributed by atoms with van der Waals surface area (Å²) in [6.45, 7) is 8.48. The normalized spacial score (nSPS) is 21.2. The molecule has 0 aromatic rings. The largest absolute Gasteiger partial charge is 0.343 e. The Kier molecular flexibility index (Phi) is 4.52. The van der Waals surface area contributed by atoms with E-state index in [1.807, 2.05) is 13.8 Å². The molecule has 4 heteroatoms. The fraction of sp³-hybridized carbons (Fsp3) is 0.667. The summed E-state index contributed by atoms with van der Waals surface area (Å²) in [4.78, 5) is 25.1. The molecule has 1 aliphatic rings. The molecule has 0 aromatic heterocycles. The van der Waals surface area contributed by atoms with Gasteiger partial charge in [-0.2, -0.15) is 0 Å². The van der Waals surface area contributed by atoms with E-state index in [1.165, 1.54) is 0 Å². The van der Waals surface area contributed by atoms with Crippen LogP contribution in [-0.2, 0) is 9.59 Å². The zero-order valence-corrected chi connectivity index (χ0v) is 10.0. The number of hydrogen-bond acceptors (Lipinski definition) is 2. The van der Waals surface area contributed by atoms with Gasteiger partial charge < -0.3 is 10.2 Å². The minimum Gasteiger partial charge on any atom is -0.343 e. The van der Waals surface area contributed by atoms with E-state index in [2.05, 4.69) is 11.9 Å². The molecule has 0 aliphatic carbocycles. The molecule has 4 nitrogen and oxygen atoms in total. The van der Waals surface area contributed by atoms with Gasteiger partial charge in [-0.1, -0.05) is 19.9 Å². The highest BCUT2D eigenvalue weighted by Gasteiger charge is 2.32. The number of hydrogen-bond donors (Lipinski definition) is 1. The first kappa shape index (κ1) is 12.7. The molecule has 0 radical (unpaired) electrons. The first-order chi connectivity index (χ1) is 7.54. The van der Waals surface area contributed by atoms with Crippen LogP contribution in [0.5, 0.6) is 0 Å². The molecule has 0 bridgehead atoms. The van der Waals surface area contributed by atoms with E-state index in [-0.39, 0.29) is 24.4 Å². The van der Waals surface area contributed by atoms with Gasteiger partial charge >= 0.3 is 0 Å². The highest BCUT2D eigenvalue weighted by atomic mass is 16.2. The first-order valence-corrected chi connectivity index (χ1v) is 5.73. The van der Waals surface area contributed by atoms with Gasteiger partial charge in [-0.15, -0.1) is 6.58 Å². The van der Waals surface area contributed by atoms with Gasteiger partial charge in [-0.05, 0) is 18.8 Å². The number of piperazine rings is 1. The Morgan fingerprint density at radius 2 is 2.25 bits per heavy atom. The van der Waals surface area contributed by atoms with Crippen molar-refractivity contribution in [3.05, 3.63) is 12.7 Å². The minimum absolute atomic E-state index is 0.0372. The van der Waals surface area contributed by atoms with Crippen molar-refractivity contribution in [1.82, 2.24) is 10.2 Å². The maximum absolute atomic E-state index is 12.0. The average molecular weight is 224 g/mol. The highest BCUT2D eigenvalue weighted by molar-refractivity contribution is 5.94. The molecule has 1 N–H and O–H groups in total. The zero-order chi connectivity index (χ0) is 12.1. The standard InChI is InChI=1S/C12H20N2O2/c1-4-5-6-14-8-11(15)13-10(12(14)16)7-9(2)3/h4,9-10H,1,5-8H2,2-3H3,(H,13,15). The maximum Gasteiger partial charge on any atom is 0.245 e. The highest BCUT2D eigenvalue weighted by Crippen LogP contribution is 2.11. The van der Waals surface area contributed by atoms with Crippen molar-refractivity contribution < 1.29 is 9.59 Å². The number of carbonyl (C=O) groups is 2. The lowest BCUT2D eigenvalue weighted by atomic mass is 10.0. The Morgan fingerprint density at radius 1 is 1.56 bits per heavy atom. The summed E-state index contributed by atoms with van der Waals surface area (Å²) in [5.41, 5.74) is 0. The van der Waals surface area contributed by atoms with E-state index in [4.69, 9.17) is 0 Å². The van der Waals surface area contributed by atoms with Crippen molar-refractivity contribution in [3.8, 4) is 0 Å².